The monoisotopic (exact) mass is 309 g/mol. The van der Waals surface area contributed by atoms with Gasteiger partial charge in [0.2, 0.25) is 0 Å². The van der Waals surface area contributed by atoms with Crippen molar-refractivity contribution in [1.82, 2.24) is 10.3 Å². The summed E-state index contributed by atoms with van der Waals surface area (Å²) in [6.07, 6.45) is 7.02. The van der Waals surface area contributed by atoms with Gasteiger partial charge >= 0.3 is 0 Å². The van der Waals surface area contributed by atoms with E-state index in [1.165, 1.54) is 31.5 Å². The molecule has 22 heavy (non-hydrogen) atoms. The maximum atomic E-state index is 5.62. The number of allylic oxidation sites excluding steroid dienone is 1. The number of rotatable bonds is 4. The van der Waals surface area contributed by atoms with E-state index in [1.54, 1.807) is 21.3 Å². The van der Waals surface area contributed by atoms with Gasteiger partial charge in [-0.1, -0.05) is 6.42 Å². The van der Waals surface area contributed by atoms with E-state index in [0.29, 0.717) is 12.1 Å². The number of ether oxygens (including phenoxy) is 3. The molecule has 0 aromatic rings. The molecule has 3 atom stereocenters. The average Bonchev–Trinajstić information content (AvgIpc) is 2.81. The molecule has 6 heteroatoms. The van der Waals surface area contributed by atoms with Gasteiger partial charge in [0, 0.05) is 26.0 Å². The van der Waals surface area contributed by atoms with Crippen LogP contribution in [0.5, 0.6) is 0 Å². The van der Waals surface area contributed by atoms with E-state index in [-0.39, 0.29) is 6.10 Å². The standard InChI is InChI=1S/C16H27N3O3/c1-20-12-9-11(10-13(21-2)15(12)22-3)16-18-17-14-7-5-4-6-8-19(14)16/h11-12,14,17H,4-10H2,1-3H3. The molecular weight excluding hydrogens is 282 g/mol. The maximum Gasteiger partial charge on any atom is 0.162 e. The summed E-state index contributed by atoms with van der Waals surface area (Å²) < 4.78 is 16.7. The molecule has 1 fully saturated rings. The molecular formula is C16H27N3O3. The first-order valence-corrected chi connectivity index (χ1v) is 8.22. The molecule has 1 aliphatic carbocycles. The minimum Gasteiger partial charge on any atom is -0.497 e. The Bertz CT molecular complexity index is 464. The van der Waals surface area contributed by atoms with Crippen molar-refractivity contribution < 1.29 is 14.2 Å². The predicted octanol–water partition coefficient (Wildman–Crippen LogP) is 2.03. The molecule has 0 saturated carbocycles. The highest BCUT2D eigenvalue weighted by Gasteiger charge is 2.39. The molecule has 0 radical (unpaired) electrons. The Labute approximate surface area is 132 Å². The fourth-order valence-corrected chi connectivity index (χ4v) is 3.83. The largest absolute Gasteiger partial charge is 0.497 e. The van der Waals surface area contributed by atoms with E-state index < -0.39 is 0 Å². The first kappa shape index (κ1) is 15.5. The van der Waals surface area contributed by atoms with Crippen molar-refractivity contribution in [3.8, 4) is 0 Å². The molecule has 3 aliphatic rings. The second-order valence-electron chi connectivity index (χ2n) is 6.21. The SMILES string of the molecule is COC1=C(OC)C(OC)CC(C2=NNC3CCCCCN23)C1. The molecule has 1 N–H and O–H groups in total. The molecule has 0 bridgehead atoms. The molecule has 0 aromatic carbocycles. The van der Waals surface area contributed by atoms with Crippen LogP contribution < -0.4 is 5.43 Å². The summed E-state index contributed by atoms with van der Waals surface area (Å²) in [5.41, 5.74) is 3.32. The Balaban J connectivity index is 1.79. The molecule has 0 amide bonds. The van der Waals surface area contributed by atoms with Gasteiger partial charge in [-0.05, 0) is 25.7 Å². The first-order valence-electron chi connectivity index (χ1n) is 8.22. The maximum absolute atomic E-state index is 5.62. The molecule has 124 valence electrons. The third-order valence-corrected chi connectivity index (χ3v) is 4.99. The van der Waals surface area contributed by atoms with E-state index in [9.17, 15) is 0 Å². The predicted molar refractivity (Wildman–Crippen MR) is 84.1 cm³/mol. The Morgan fingerprint density at radius 1 is 1.14 bits per heavy atom. The molecule has 3 unspecified atom stereocenters. The highest BCUT2D eigenvalue weighted by atomic mass is 16.5. The van der Waals surface area contributed by atoms with E-state index in [2.05, 4.69) is 15.4 Å². The Hall–Kier alpha value is -1.43. The highest BCUT2D eigenvalue weighted by molar-refractivity contribution is 5.86. The van der Waals surface area contributed by atoms with Crippen LogP contribution in [0.3, 0.4) is 0 Å². The third kappa shape index (κ3) is 2.76. The minimum atomic E-state index is -0.0626. The van der Waals surface area contributed by atoms with Crippen molar-refractivity contribution in [3.63, 3.8) is 0 Å². The van der Waals surface area contributed by atoms with Crippen molar-refractivity contribution in [2.45, 2.75) is 50.8 Å². The van der Waals surface area contributed by atoms with Crippen LogP contribution in [-0.2, 0) is 14.2 Å². The van der Waals surface area contributed by atoms with E-state index >= 15 is 0 Å². The Morgan fingerprint density at radius 3 is 2.73 bits per heavy atom. The lowest BCUT2D eigenvalue weighted by Gasteiger charge is -2.34. The van der Waals surface area contributed by atoms with Gasteiger partial charge in [-0.25, -0.2) is 0 Å². The molecule has 3 rings (SSSR count). The summed E-state index contributed by atoms with van der Waals surface area (Å²) in [5.74, 6) is 3.18. The van der Waals surface area contributed by atoms with Crippen LogP contribution in [0, 0.1) is 5.92 Å². The number of hydrazone groups is 1. The van der Waals surface area contributed by atoms with Gasteiger partial charge in [-0.15, -0.1) is 0 Å². The van der Waals surface area contributed by atoms with Gasteiger partial charge in [0.25, 0.3) is 0 Å². The van der Waals surface area contributed by atoms with Crippen LogP contribution >= 0.6 is 0 Å². The van der Waals surface area contributed by atoms with Crippen LogP contribution in [-0.4, -0.2) is 50.9 Å². The van der Waals surface area contributed by atoms with Crippen LogP contribution in [0.4, 0.5) is 0 Å². The molecule has 0 aromatic heterocycles. The summed E-state index contributed by atoms with van der Waals surface area (Å²) in [7, 11) is 5.11. The zero-order valence-corrected chi connectivity index (χ0v) is 13.8. The topological polar surface area (TPSA) is 55.3 Å². The quantitative estimate of drug-likeness (QED) is 0.861. The van der Waals surface area contributed by atoms with Gasteiger partial charge in [0.05, 0.1) is 14.2 Å². The first-order chi connectivity index (χ1) is 10.8. The van der Waals surface area contributed by atoms with Crippen LogP contribution in [0.25, 0.3) is 0 Å². The summed E-state index contributed by atoms with van der Waals surface area (Å²) in [5, 5.41) is 4.65. The summed E-state index contributed by atoms with van der Waals surface area (Å²) in [6.45, 7) is 1.09. The normalized spacial score (nSPS) is 32.0. The van der Waals surface area contributed by atoms with E-state index in [0.717, 1.165) is 30.9 Å². The average molecular weight is 309 g/mol. The number of hydrogen-bond acceptors (Lipinski definition) is 6. The lowest BCUT2D eigenvalue weighted by atomic mass is 9.88. The smallest absolute Gasteiger partial charge is 0.162 e. The molecule has 2 heterocycles. The zero-order valence-electron chi connectivity index (χ0n) is 13.8. The molecule has 1 saturated heterocycles. The molecule has 6 nitrogen and oxygen atoms in total. The van der Waals surface area contributed by atoms with Gasteiger partial charge in [-0.2, -0.15) is 5.10 Å². The summed E-state index contributed by atoms with van der Waals surface area (Å²) >= 11 is 0. The van der Waals surface area contributed by atoms with Crippen LogP contribution in [0.15, 0.2) is 16.6 Å². The minimum absolute atomic E-state index is 0.0626. The van der Waals surface area contributed by atoms with Crippen molar-refractivity contribution in [3.05, 3.63) is 11.5 Å². The van der Waals surface area contributed by atoms with Crippen molar-refractivity contribution in [2.75, 3.05) is 27.9 Å². The number of hydrogen-bond donors (Lipinski definition) is 1. The Morgan fingerprint density at radius 2 is 2.00 bits per heavy atom. The molecule has 0 spiro atoms. The number of methoxy groups -OCH3 is 3. The molecule has 2 aliphatic heterocycles. The lowest BCUT2D eigenvalue weighted by Crippen LogP contribution is -2.43. The number of nitrogens with zero attached hydrogens (tertiary/aromatic N) is 2. The fraction of sp³-hybridized carbons (Fsp3) is 0.812. The van der Waals surface area contributed by atoms with Crippen molar-refractivity contribution >= 4 is 5.84 Å². The van der Waals surface area contributed by atoms with Crippen LogP contribution in [0.2, 0.25) is 0 Å². The van der Waals surface area contributed by atoms with E-state index in [4.69, 9.17) is 14.2 Å². The Kier molecular flexibility index (Phi) is 4.76. The second kappa shape index (κ2) is 6.77. The van der Waals surface area contributed by atoms with E-state index in [1.807, 2.05) is 0 Å². The second-order valence-corrected chi connectivity index (χ2v) is 6.21. The van der Waals surface area contributed by atoms with Crippen molar-refractivity contribution in [1.29, 1.82) is 0 Å². The summed E-state index contributed by atoms with van der Waals surface area (Å²) in [6, 6.07) is 0. The van der Waals surface area contributed by atoms with Gasteiger partial charge in [-0.3, -0.25) is 5.43 Å². The van der Waals surface area contributed by atoms with Gasteiger partial charge in [0.1, 0.15) is 23.9 Å². The lowest BCUT2D eigenvalue weighted by molar-refractivity contribution is 0.0389. The van der Waals surface area contributed by atoms with Gasteiger partial charge < -0.3 is 19.1 Å². The summed E-state index contributed by atoms with van der Waals surface area (Å²) in [4.78, 5) is 2.45. The number of amidine groups is 1. The van der Waals surface area contributed by atoms with Crippen molar-refractivity contribution in [2.24, 2.45) is 11.0 Å². The number of nitrogens with one attached hydrogen (secondary N) is 1. The van der Waals surface area contributed by atoms with Crippen LogP contribution in [0.1, 0.15) is 38.5 Å². The highest BCUT2D eigenvalue weighted by Crippen LogP contribution is 2.35. The van der Waals surface area contributed by atoms with Gasteiger partial charge in [0.15, 0.2) is 5.76 Å². The number of fused-ring (bicyclic) bond motifs is 1. The third-order valence-electron chi connectivity index (χ3n) is 4.99. The zero-order chi connectivity index (χ0) is 15.5. The fourth-order valence-electron chi connectivity index (χ4n) is 3.83.